The molecule has 2 fully saturated rings. The Kier molecular flexibility index (Phi) is 9.26. The second-order valence-electron chi connectivity index (χ2n) is 9.59. The van der Waals surface area contributed by atoms with E-state index < -0.39 is 30.7 Å². The molecular weight excluding hydrogens is 516 g/mol. The van der Waals surface area contributed by atoms with Gasteiger partial charge in [0, 0.05) is 5.92 Å². The van der Waals surface area contributed by atoms with Crippen LogP contribution in [0.2, 0.25) is 0 Å². The fraction of sp³-hybridized carbons (Fsp3) is 0.556. The topological polar surface area (TPSA) is 166 Å². The zero-order valence-electron chi connectivity index (χ0n) is 22.3. The maximum Gasteiger partial charge on any atom is 0.200 e. The molecule has 216 valence electrons. The van der Waals surface area contributed by atoms with E-state index in [-0.39, 0.29) is 59.5 Å². The van der Waals surface area contributed by atoms with Crippen LogP contribution in [-0.2, 0) is 20.6 Å². The summed E-state index contributed by atoms with van der Waals surface area (Å²) in [6.45, 7) is 0.221. The van der Waals surface area contributed by atoms with Gasteiger partial charge < -0.3 is 58.7 Å². The molecule has 0 radical (unpaired) electrons. The van der Waals surface area contributed by atoms with Crippen LogP contribution in [0.25, 0.3) is 0 Å². The smallest absolute Gasteiger partial charge is 0.200 e. The van der Waals surface area contributed by atoms with Crippen LogP contribution in [0, 0.1) is 11.8 Å². The Bertz CT molecular complexity index is 1070. The van der Waals surface area contributed by atoms with Gasteiger partial charge >= 0.3 is 0 Å². The second-order valence-corrected chi connectivity index (χ2v) is 9.59. The summed E-state index contributed by atoms with van der Waals surface area (Å²) in [4.78, 5) is 0. The van der Waals surface area contributed by atoms with E-state index in [2.05, 4.69) is 0 Å². The van der Waals surface area contributed by atoms with Crippen molar-refractivity contribution in [1.82, 2.24) is 0 Å². The Morgan fingerprint density at radius 2 is 1.28 bits per heavy atom. The third-order valence-electron chi connectivity index (χ3n) is 7.26. The molecule has 0 spiro atoms. The summed E-state index contributed by atoms with van der Waals surface area (Å²) >= 11 is 0. The Labute approximate surface area is 226 Å². The molecule has 2 aromatic carbocycles. The Hall–Kier alpha value is -3.00. The Morgan fingerprint density at radius 1 is 0.744 bits per heavy atom. The van der Waals surface area contributed by atoms with Crippen LogP contribution in [0.15, 0.2) is 24.3 Å². The molecule has 0 unspecified atom stereocenters. The molecule has 0 saturated carbocycles. The largest absolute Gasteiger partial charge is 0.502 e. The third kappa shape index (κ3) is 5.96. The van der Waals surface area contributed by atoms with E-state index in [4.69, 9.17) is 33.2 Å². The van der Waals surface area contributed by atoms with Gasteiger partial charge in [0.1, 0.15) is 18.3 Å². The minimum Gasteiger partial charge on any atom is -0.502 e. The average molecular weight is 553 g/mol. The summed E-state index contributed by atoms with van der Waals surface area (Å²) in [6.07, 6.45) is -5.23. The highest BCUT2D eigenvalue weighted by Crippen LogP contribution is 2.46. The third-order valence-corrected chi connectivity index (χ3v) is 7.26. The lowest BCUT2D eigenvalue weighted by Gasteiger charge is -2.36. The van der Waals surface area contributed by atoms with Crippen molar-refractivity contribution in [3.63, 3.8) is 0 Å². The molecule has 39 heavy (non-hydrogen) atoms. The van der Waals surface area contributed by atoms with Gasteiger partial charge in [0.15, 0.2) is 29.3 Å². The number of aromatic hydroxyl groups is 2. The number of methoxy groups -OCH3 is 4. The lowest BCUT2D eigenvalue weighted by atomic mass is 9.84. The fourth-order valence-electron chi connectivity index (χ4n) is 5.08. The van der Waals surface area contributed by atoms with E-state index in [1.165, 1.54) is 28.4 Å². The molecule has 0 aliphatic carbocycles. The van der Waals surface area contributed by atoms with Crippen molar-refractivity contribution in [1.29, 1.82) is 0 Å². The second kappa shape index (κ2) is 12.5. The van der Waals surface area contributed by atoms with Crippen molar-refractivity contribution in [2.45, 2.75) is 37.1 Å². The Morgan fingerprint density at radius 3 is 1.82 bits per heavy atom. The van der Waals surface area contributed by atoms with Gasteiger partial charge in [-0.1, -0.05) is 0 Å². The van der Waals surface area contributed by atoms with Gasteiger partial charge in [0.25, 0.3) is 0 Å². The SMILES string of the molecule is COc1cc(C[C@H]2CO[C@H](c3cc(OC)c(O)c(OC)c3)[C@H]2CO[C@@H]2OC[C@@H](O)[C@H](O)[C@H]2O)cc(OC)c1O. The van der Waals surface area contributed by atoms with Crippen LogP contribution in [0.5, 0.6) is 34.5 Å². The van der Waals surface area contributed by atoms with E-state index >= 15 is 0 Å². The summed E-state index contributed by atoms with van der Waals surface area (Å²) in [6, 6.07) is 6.77. The molecule has 5 N–H and O–H groups in total. The van der Waals surface area contributed by atoms with Crippen LogP contribution >= 0.6 is 0 Å². The first-order valence-corrected chi connectivity index (χ1v) is 12.5. The predicted molar refractivity (Wildman–Crippen MR) is 136 cm³/mol. The summed E-state index contributed by atoms with van der Waals surface area (Å²) in [7, 11) is 5.78. The number of hydrogen-bond acceptors (Lipinski definition) is 12. The van der Waals surface area contributed by atoms with Crippen molar-refractivity contribution >= 4 is 0 Å². The van der Waals surface area contributed by atoms with Gasteiger partial charge in [-0.05, 0) is 47.7 Å². The minimum atomic E-state index is -1.44. The van der Waals surface area contributed by atoms with Crippen LogP contribution in [-0.4, -0.2) is 98.4 Å². The molecule has 2 aliphatic rings. The molecule has 2 aliphatic heterocycles. The highest BCUT2D eigenvalue weighted by atomic mass is 16.7. The van der Waals surface area contributed by atoms with E-state index in [1.807, 2.05) is 0 Å². The van der Waals surface area contributed by atoms with Crippen LogP contribution in [0.3, 0.4) is 0 Å². The van der Waals surface area contributed by atoms with Crippen molar-refractivity contribution in [3.8, 4) is 34.5 Å². The van der Waals surface area contributed by atoms with E-state index in [1.54, 1.807) is 24.3 Å². The number of benzene rings is 2. The fourth-order valence-corrected chi connectivity index (χ4v) is 5.08. The van der Waals surface area contributed by atoms with Crippen molar-refractivity contribution in [3.05, 3.63) is 35.4 Å². The van der Waals surface area contributed by atoms with Gasteiger partial charge in [0.05, 0.1) is 54.4 Å². The molecule has 2 heterocycles. The average Bonchev–Trinajstić information content (AvgIpc) is 3.34. The molecule has 2 saturated heterocycles. The van der Waals surface area contributed by atoms with Crippen molar-refractivity contribution in [2.75, 3.05) is 48.3 Å². The molecule has 0 bridgehead atoms. The quantitative estimate of drug-likeness (QED) is 0.286. The zero-order chi connectivity index (χ0) is 28.3. The number of aliphatic hydroxyl groups excluding tert-OH is 3. The highest BCUT2D eigenvalue weighted by Gasteiger charge is 2.43. The van der Waals surface area contributed by atoms with Gasteiger partial charge in [-0.3, -0.25) is 0 Å². The van der Waals surface area contributed by atoms with Gasteiger partial charge in [0.2, 0.25) is 11.5 Å². The molecule has 7 atom stereocenters. The molecular formula is C27H36O12. The monoisotopic (exact) mass is 552 g/mol. The van der Waals surface area contributed by atoms with Gasteiger partial charge in [-0.15, -0.1) is 0 Å². The predicted octanol–water partition coefficient (Wildman–Crippen LogP) is 1.13. The number of phenols is 2. The van der Waals surface area contributed by atoms with Crippen LogP contribution < -0.4 is 18.9 Å². The molecule has 12 nitrogen and oxygen atoms in total. The maximum atomic E-state index is 10.4. The van der Waals surface area contributed by atoms with Gasteiger partial charge in [-0.2, -0.15) is 0 Å². The van der Waals surface area contributed by atoms with E-state index in [0.717, 1.165) is 5.56 Å². The highest BCUT2D eigenvalue weighted by molar-refractivity contribution is 5.54. The molecule has 4 rings (SSSR count). The lowest BCUT2D eigenvalue weighted by Crippen LogP contribution is -2.54. The lowest BCUT2D eigenvalue weighted by molar-refractivity contribution is -0.273. The number of phenolic OH excluding ortho intramolecular Hbond substituents is 2. The minimum absolute atomic E-state index is 0.0672. The first-order chi connectivity index (χ1) is 18.7. The van der Waals surface area contributed by atoms with Crippen molar-refractivity contribution < 1.29 is 58.7 Å². The first kappa shape index (κ1) is 29.0. The van der Waals surface area contributed by atoms with Crippen molar-refractivity contribution in [2.24, 2.45) is 11.8 Å². The summed E-state index contributed by atoms with van der Waals surface area (Å²) < 4.78 is 38.9. The number of hydrogen-bond donors (Lipinski definition) is 5. The summed E-state index contributed by atoms with van der Waals surface area (Å²) in [5, 5.41) is 50.9. The van der Waals surface area contributed by atoms with E-state index in [0.29, 0.717) is 18.6 Å². The van der Waals surface area contributed by atoms with Gasteiger partial charge in [-0.25, -0.2) is 0 Å². The summed E-state index contributed by atoms with van der Waals surface area (Å²) in [5.41, 5.74) is 1.51. The van der Waals surface area contributed by atoms with E-state index in [9.17, 15) is 25.5 Å². The molecule has 12 heteroatoms. The summed E-state index contributed by atoms with van der Waals surface area (Å²) in [5.74, 6) is 0.320. The first-order valence-electron chi connectivity index (χ1n) is 12.5. The number of aliphatic hydroxyl groups is 3. The number of ether oxygens (including phenoxy) is 7. The maximum absolute atomic E-state index is 10.4. The molecule has 2 aromatic rings. The Balaban J connectivity index is 1.63. The molecule has 0 amide bonds. The normalized spacial score (nSPS) is 28.7. The van der Waals surface area contributed by atoms with Crippen LogP contribution in [0.4, 0.5) is 0 Å². The zero-order valence-corrected chi connectivity index (χ0v) is 22.3. The number of rotatable bonds is 10. The standard InChI is InChI=1S/C27H36O12/c1-33-18-6-13(7-19(34-2)23(18)30)5-15-10-37-26(14-8-20(35-3)24(31)21(9-14)36-4)16(15)11-38-27-25(32)22(29)17(28)12-39-27/h6-9,15-17,22,25-32H,5,10-12H2,1-4H3/t15-,16-,17+,22-,25+,26+,27+/m0/s1. The molecule has 0 aromatic heterocycles. The van der Waals surface area contributed by atoms with Crippen LogP contribution in [0.1, 0.15) is 17.2 Å².